The first kappa shape index (κ1) is 15.3. The van der Waals surface area contributed by atoms with Gasteiger partial charge < -0.3 is 10.1 Å². The highest BCUT2D eigenvalue weighted by molar-refractivity contribution is 5.36. The van der Waals surface area contributed by atoms with Gasteiger partial charge in [-0.2, -0.15) is 4.98 Å². The van der Waals surface area contributed by atoms with Gasteiger partial charge in [-0.25, -0.2) is 4.98 Å². The van der Waals surface area contributed by atoms with Gasteiger partial charge in [0.05, 0.1) is 0 Å². The summed E-state index contributed by atoms with van der Waals surface area (Å²) in [5.41, 5.74) is 2.14. The molecule has 1 aromatic heterocycles. The smallest absolute Gasteiger partial charge is 0.226 e. The summed E-state index contributed by atoms with van der Waals surface area (Å²) < 4.78 is 5.88. The Kier molecular flexibility index (Phi) is 5.14. The second-order valence-corrected chi connectivity index (χ2v) is 5.43. The minimum Gasteiger partial charge on any atom is -0.439 e. The van der Waals surface area contributed by atoms with Crippen molar-refractivity contribution in [2.24, 2.45) is 0 Å². The Morgan fingerprint density at radius 2 is 2.00 bits per heavy atom. The summed E-state index contributed by atoms with van der Waals surface area (Å²) in [4.78, 5) is 8.75. The summed E-state index contributed by atoms with van der Waals surface area (Å²) in [7, 11) is 0. The van der Waals surface area contributed by atoms with E-state index in [9.17, 15) is 0 Å². The van der Waals surface area contributed by atoms with E-state index in [0.29, 0.717) is 17.7 Å². The quantitative estimate of drug-likeness (QED) is 0.847. The Hall–Kier alpha value is -2.10. The van der Waals surface area contributed by atoms with Gasteiger partial charge in [-0.05, 0) is 37.0 Å². The van der Waals surface area contributed by atoms with Crippen LogP contribution in [0.25, 0.3) is 0 Å². The molecule has 0 bridgehead atoms. The molecule has 0 saturated heterocycles. The van der Waals surface area contributed by atoms with Crippen LogP contribution in [0.5, 0.6) is 11.6 Å². The van der Waals surface area contributed by atoms with E-state index in [1.807, 2.05) is 25.1 Å². The molecular formula is C17H23N3O. The molecule has 0 saturated carbocycles. The van der Waals surface area contributed by atoms with Gasteiger partial charge in [0.15, 0.2) is 0 Å². The maximum atomic E-state index is 5.88. The van der Waals surface area contributed by atoms with Crippen molar-refractivity contribution in [1.82, 2.24) is 9.97 Å². The highest BCUT2D eigenvalue weighted by Crippen LogP contribution is 2.25. The van der Waals surface area contributed by atoms with Crippen molar-refractivity contribution in [2.45, 2.75) is 40.0 Å². The van der Waals surface area contributed by atoms with E-state index < -0.39 is 0 Å². The van der Waals surface area contributed by atoms with Gasteiger partial charge in [-0.15, -0.1) is 0 Å². The lowest BCUT2D eigenvalue weighted by Crippen LogP contribution is -2.05. The largest absolute Gasteiger partial charge is 0.439 e. The highest BCUT2D eigenvalue weighted by Gasteiger charge is 2.06. The average molecular weight is 285 g/mol. The predicted molar refractivity (Wildman–Crippen MR) is 86.2 cm³/mol. The molecule has 2 aromatic rings. The molecule has 1 heterocycles. The number of nitrogens with zero attached hydrogens (tertiary/aromatic N) is 2. The first-order valence-corrected chi connectivity index (χ1v) is 7.46. The van der Waals surface area contributed by atoms with Gasteiger partial charge in [-0.3, -0.25) is 0 Å². The molecule has 4 heteroatoms. The molecule has 0 radical (unpaired) electrons. The molecule has 0 atom stereocenters. The number of aromatic nitrogens is 2. The molecular weight excluding hydrogens is 262 g/mol. The molecule has 0 unspecified atom stereocenters. The van der Waals surface area contributed by atoms with Gasteiger partial charge in [-0.1, -0.05) is 32.9 Å². The van der Waals surface area contributed by atoms with Crippen molar-refractivity contribution >= 4 is 5.95 Å². The van der Waals surface area contributed by atoms with Gasteiger partial charge in [0.25, 0.3) is 0 Å². The van der Waals surface area contributed by atoms with Gasteiger partial charge in [0.2, 0.25) is 11.8 Å². The number of benzene rings is 1. The molecule has 1 aromatic carbocycles. The van der Waals surface area contributed by atoms with Gasteiger partial charge in [0.1, 0.15) is 5.75 Å². The first-order chi connectivity index (χ1) is 10.1. The van der Waals surface area contributed by atoms with E-state index in [4.69, 9.17) is 4.74 Å². The van der Waals surface area contributed by atoms with Crippen LogP contribution < -0.4 is 10.1 Å². The van der Waals surface area contributed by atoms with Crippen LogP contribution in [0.4, 0.5) is 5.95 Å². The Morgan fingerprint density at radius 1 is 1.19 bits per heavy atom. The minimum absolute atomic E-state index is 0.475. The summed E-state index contributed by atoms with van der Waals surface area (Å²) in [6, 6.07) is 9.97. The fourth-order valence-electron chi connectivity index (χ4n) is 1.97. The van der Waals surface area contributed by atoms with Crippen LogP contribution in [0.15, 0.2) is 30.3 Å². The van der Waals surface area contributed by atoms with Crippen LogP contribution in [-0.4, -0.2) is 16.5 Å². The van der Waals surface area contributed by atoms with Crippen molar-refractivity contribution < 1.29 is 4.74 Å². The SMILES string of the molecule is CCCNc1nc(C)cc(Oc2cccc(C(C)C)c2)n1. The van der Waals surface area contributed by atoms with Crippen molar-refractivity contribution in [2.75, 3.05) is 11.9 Å². The number of hydrogen-bond acceptors (Lipinski definition) is 4. The first-order valence-electron chi connectivity index (χ1n) is 7.46. The topological polar surface area (TPSA) is 47.0 Å². The van der Waals surface area contributed by atoms with E-state index in [-0.39, 0.29) is 0 Å². The predicted octanol–water partition coefficient (Wildman–Crippen LogP) is 4.52. The summed E-state index contributed by atoms with van der Waals surface area (Å²) >= 11 is 0. The van der Waals surface area contributed by atoms with Crippen LogP contribution in [0.2, 0.25) is 0 Å². The third-order valence-electron chi connectivity index (χ3n) is 3.11. The van der Waals surface area contributed by atoms with Crippen molar-refractivity contribution in [1.29, 1.82) is 0 Å². The molecule has 0 fully saturated rings. The zero-order valence-electron chi connectivity index (χ0n) is 13.2. The summed E-state index contributed by atoms with van der Waals surface area (Å²) in [6.07, 6.45) is 1.03. The molecule has 0 aliphatic carbocycles. The molecule has 0 aliphatic heterocycles. The standard InChI is InChI=1S/C17H23N3O/c1-5-9-18-17-19-13(4)10-16(20-17)21-15-8-6-7-14(11-15)12(2)3/h6-8,10-12H,5,9H2,1-4H3,(H,18,19,20). The van der Waals surface area contributed by atoms with Crippen molar-refractivity contribution in [3.8, 4) is 11.6 Å². The maximum absolute atomic E-state index is 5.88. The zero-order chi connectivity index (χ0) is 15.2. The second-order valence-electron chi connectivity index (χ2n) is 5.43. The molecule has 1 N–H and O–H groups in total. The molecule has 112 valence electrons. The number of aryl methyl sites for hydroxylation is 1. The Labute approximate surface area is 126 Å². The molecule has 21 heavy (non-hydrogen) atoms. The fraction of sp³-hybridized carbons (Fsp3) is 0.412. The third kappa shape index (κ3) is 4.45. The average Bonchev–Trinajstić information content (AvgIpc) is 2.45. The van der Waals surface area contributed by atoms with Crippen LogP contribution in [-0.2, 0) is 0 Å². The second kappa shape index (κ2) is 7.07. The number of nitrogens with one attached hydrogen (secondary N) is 1. The van der Waals surface area contributed by atoms with E-state index in [2.05, 4.69) is 48.2 Å². The lowest BCUT2D eigenvalue weighted by Gasteiger charge is -2.11. The lowest BCUT2D eigenvalue weighted by molar-refractivity contribution is 0.460. The normalized spacial score (nSPS) is 10.7. The minimum atomic E-state index is 0.475. The Balaban J connectivity index is 2.18. The van der Waals surface area contributed by atoms with Crippen molar-refractivity contribution in [3.05, 3.63) is 41.6 Å². The molecule has 0 spiro atoms. The van der Waals surface area contributed by atoms with E-state index in [1.54, 1.807) is 0 Å². The number of ether oxygens (including phenoxy) is 1. The lowest BCUT2D eigenvalue weighted by atomic mass is 10.0. The number of anilines is 1. The van der Waals surface area contributed by atoms with E-state index in [1.165, 1.54) is 5.56 Å². The van der Waals surface area contributed by atoms with Crippen LogP contribution in [0, 0.1) is 6.92 Å². The maximum Gasteiger partial charge on any atom is 0.226 e. The summed E-state index contributed by atoms with van der Waals surface area (Å²) in [5, 5.41) is 3.19. The number of hydrogen-bond donors (Lipinski definition) is 1. The van der Waals surface area contributed by atoms with Crippen LogP contribution in [0.3, 0.4) is 0 Å². The highest BCUT2D eigenvalue weighted by atomic mass is 16.5. The Morgan fingerprint density at radius 3 is 2.71 bits per heavy atom. The molecule has 4 nitrogen and oxygen atoms in total. The third-order valence-corrected chi connectivity index (χ3v) is 3.11. The summed E-state index contributed by atoms with van der Waals surface area (Å²) in [5.74, 6) is 2.47. The van der Waals surface area contributed by atoms with Crippen LogP contribution in [0.1, 0.15) is 44.4 Å². The van der Waals surface area contributed by atoms with E-state index in [0.717, 1.165) is 24.4 Å². The van der Waals surface area contributed by atoms with Gasteiger partial charge in [0, 0.05) is 18.3 Å². The fourth-order valence-corrected chi connectivity index (χ4v) is 1.97. The van der Waals surface area contributed by atoms with E-state index >= 15 is 0 Å². The Bertz CT molecular complexity index is 596. The molecule has 0 aliphatic rings. The molecule has 0 amide bonds. The van der Waals surface area contributed by atoms with Gasteiger partial charge >= 0.3 is 0 Å². The zero-order valence-corrected chi connectivity index (χ0v) is 13.2. The summed E-state index contributed by atoms with van der Waals surface area (Å²) in [6.45, 7) is 9.24. The van der Waals surface area contributed by atoms with Crippen LogP contribution >= 0.6 is 0 Å². The monoisotopic (exact) mass is 285 g/mol. The molecule has 2 rings (SSSR count). The number of rotatable bonds is 6. The van der Waals surface area contributed by atoms with Crippen molar-refractivity contribution in [3.63, 3.8) is 0 Å².